The maximum absolute atomic E-state index is 13.4. The summed E-state index contributed by atoms with van der Waals surface area (Å²) < 4.78 is 14.7. The van der Waals surface area contributed by atoms with E-state index >= 15 is 0 Å². The third kappa shape index (κ3) is 2.60. The van der Waals surface area contributed by atoms with E-state index in [0.717, 1.165) is 12.1 Å². The van der Waals surface area contributed by atoms with Gasteiger partial charge in [-0.15, -0.1) is 0 Å². The van der Waals surface area contributed by atoms with Crippen LogP contribution in [0.3, 0.4) is 0 Å². The molecule has 2 aromatic rings. The average Bonchev–Trinajstić information content (AvgIpc) is 2.70. The Balaban J connectivity index is 2.26. The van der Waals surface area contributed by atoms with Crippen molar-refractivity contribution in [3.05, 3.63) is 61.6 Å². The third-order valence-electron chi connectivity index (χ3n) is 2.64. The van der Waals surface area contributed by atoms with Crippen molar-refractivity contribution in [2.45, 2.75) is 13.5 Å². The Kier molecular flexibility index (Phi) is 3.42. The Bertz CT molecular complexity index is 698. The lowest BCUT2D eigenvalue weighted by atomic mass is 10.2. The summed E-state index contributed by atoms with van der Waals surface area (Å²) in [5.74, 6) is -1.22. The number of nitro groups is 2. The largest absolute Gasteiger partial charge is 0.392 e. The zero-order valence-electron chi connectivity index (χ0n) is 10.3. The van der Waals surface area contributed by atoms with Crippen molar-refractivity contribution in [1.29, 1.82) is 0 Å². The minimum absolute atomic E-state index is 0.0869. The lowest BCUT2D eigenvalue weighted by Gasteiger charge is -1.99. The number of nitro benzene ring substituents is 1. The molecule has 0 spiro atoms. The van der Waals surface area contributed by atoms with E-state index in [0.29, 0.717) is 11.1 Å². The fraction of sp³-hybridized carbons (Fsp3) is 0.182. The molecular formula is C11H9FN4O4. The number of benzene rings is 1. The van der Waals surface area contributed by atoms with Gasteiger partial charge in [-0.1, -0.05) is 6.07 Å². The quantitative estimate of drug-likeness (QED) is 0.630. The normalized spacial score (nSPS) is 10.5. The van der Waals surface area contributed by atoms with Gasteiger partial charge in [-0.25, -0.2) is 0 Å². The second-order valence-electron chi connectivity index (χ2n) is 4.13. The van der Waals surface area contributed by atoms with E-state index in [1.165, 1.54) is 23.9 Å². The summed E-state index contributed by atoms with van der Waals surface area (Å²) in [5, 5.41) is 24.9. The first-order valence-electron chi connectivity index (χ1n) is 5.49. The average molecular weight is 280 g/mol. The second-order valence-corrected chi connectivity index (χ2v) is 4.13. The molecule has 2 rings (SSSR count). The molecule has 0 bridgehead atoms. The molecule has 0 unspecified atom stereocenters. The maximum Gasteiger partial charge on any atom is 0.392 e. The Labute approximate surface area is 111 Å². The summed E-state index contributed by atoms with van der Waals surface area (Å²) in [7, 11) is 0. The molecule has 8 nitrogen and oxygen atoms in total. The van der Waals surface area contributed by atoms with Crippen LogP contribution in [0.1, 0.15) is 11.1 Å². The van der Waals surface area contributed by atoms with Gasteiger partial charge in [0, 0.05) is 6.07 Å². The molecule has 104 valence electrons. The molecule has 0 aliphatic carbocycles. The molecular weight excluding hydrogens is 271 g/mol. The molecule has 1 aromatic carbocycles. The summed E-state index contributed by atoms with van der Waals surface area (Å²) >= 11 is 0. The molecule has 0 amide bonds. The Morgan fingerprint density at radius 3 is 2.50 bits per heavy atom. The van der Waals surface area contributed by atoms with Crippen molar-refractivity contribution in [2.75, 3.05) is 0 Å². The SMILES string of the molecule is Cc1cn(Cc2ccc([N+](=O)[O-])c(F)c2)nc1[N+](=O)[O-]. The van der Waals surface area contributed by atoms with Gasteiger partial charge in [0.25, 0.3) is 0 Å². The number of hydrogen-bond acceptors (Lipinski definition) is 5. The summed E-state index contributed by atoms with van der Waals surface area (Å²) in [4.78, 5) is 19.7. The van der Waals surface area contributed by atoms with Crippen LogP contribution < -0.4 is 0 Å². The number of nitrogens with zero attached hydrogens (tertiary/aromatic N) is 4. The number of aryl methyl sites for hydroxylation is 1. The van der Waals surface area contributed by atoms with E-state index in [1.807, 2.05) is 0 Å². The van der Waals surface area contributed by atoms with Crippen LogP contribution in [0.5, 0.6) is 0 Å². The highest BCUT2D eigenvalue weighted by molar-refractivity contribution is 5.35. The zero-order valence-corrected chi connectivity index (χ0v) is 10.3. The number of aromatic nitrogens is 2. The van der Waals surface area contributed by atoms with E-state index in [4.69, 9.17) is 0 Å². The summed E-state index contributed by atoms with van der Waals surface area (Å²) in [6.07, 6.45) is 1.46. The first-order chi connectivity index (χ1) is 9.38. The van der Waals surface area contributed by atoms with Gasteiger partial charge in [-0.2, -0.15) is 9.07 Å². The minimum Gasteiger partial charge on any atom is -0.358 e. The van der Waals surface area contributed by atoms with Crippen molar-refractivity contribution in [2.24, 2.45) is 0 Å². The summed E-state index contributed by atoms with van der Waals surface area (Å²) in [6, 6.07) is 3.44. The minimum atomic E-state index is -0.953. The van der Waals surface area contributed by atoms with Crippen molar-refractivity contribution < 1.29 is 14.2 Å². The topological polar surface area (TPSA) is 104 Å². The molecule has 0 radical (unpaired) electrons. The maximum atomic E-state index is 13.4. The second kappa shape index (κ2) is 5.03. The van der Waals surface area contributed by atoms with Crippen LogP contribution in [-0.2, 0) is 6.54 Å². The lowest BCUT2D eigenvalue weighted by Crippen LogP contribution is -2.02. The number of rotatable bonds is 4. The first-order valence-corrected chi connectivity index (χ1v) is 5.49. The van der Waals surface area contributed by atoms with Crippen LogP contribution in [-0.4, -0.2) is 19.6 Å². The molecule has 1 aromatic heterocycles. The molecule has 0 saturated heterocycles. The Hall–Kier alpha value is -2.84. The highest BCUT2D eigenvalue weighted by Crippen LogP contribution is 2.20. The van der Waals surface area contributed by atoms with E-state index in [9.17, 15) is 24.6 Å². The highest BCUT2D eigenvalue weighted by Gasteiger charge is 2.18. The standard InChI is InChI=1S/C11H9FN4O4/c1-7-5-14(13-11(7)16(19)20)6-8-2-3-10(15(17)18)9(12)4-8/h2-5H,6H2,1H3. The van der Waals surface area contributed by atoms with Gasteiger partial charge < -0.3 is 10.1 Å². The summed E-state index contributed by atoms with van der Waals surface area (Å²) in [5.41, 5.74) is 0.194. The lowest BCUT2D eigenvalue weighted by molar-refractivity contribution is -0.390. The van der Waals surface area contributed by atoms with Gasteiger partial charge in [0.05, 0.1) is 28.3 Å². The van der Waals surface area contributed by atoms with E-state index in [2.05, 4.69) is 5.10 Å². The van der Waals surface area contributed by atoms with Crippen LogP contribution in [0.4, 0.5) is 15.9 Å². The fourth-order valence-corrected chi connectivity index (χ4v) is 1.76. The molecule has 1 heterocycles. The van der Waals surface area contributed by atoms with Gasteiger partial charge in [0.2, 0.25) is 5.82 Å². The first kappa shape index (κ1) is 13.6. The number of halogens is 1. The van der Waals surface area contributed by atoms with Gasteiger partial charge >= 0.3 is 11.5 Å². The number of hydrogen-bond donors (Lipinski definition) is 0. The molecule has 0 aliphatic heterocycles. The fourth-order valence-electron chi connectivity index (χ4n) is 1.76. The molecule has 0 fully saturated rings. The van der Waals surface area contributed by atoms with Crippen molar-refractivity contribution in [1.82, 2.24) is 9.78 Å². The predicted octanol–water partition coefficient (Wildman–Crippen LogP) is 2.20. The molecule has 20 heavy (non-hydrogen) atoms. The monoisotopic (exact) mass is 280 g/mol. The smallest absolute Gasteiger partial charge is 0.358 e. The van der Waals surface area contributed by atoms with E-state index in [-0.39, 0.29) is 12.4 Å². The van der Waals surface area contributed by atoms with Gasteiger partial charge in [0.1, 0.15) is 0 Å². The van der Waals surface area contributed by atoms with Crippen LogP contribution in [0.15, 0.2) is 24.4 Å². The molecule has 0 atom stereocenters. The van der Waals surface area contributed by atoms with Gasteiger partial charge in [-0.3, -0.25) is 10.1 Å². The predicted molar refractivity (Wildman–Crippen MR) is 65.8 cm³/mol. The van der Waals surface area contributed by atoms with Gasteiger partial charge in [0.15, 0.2) is 0 Å². The van der Waals surface area contributed by atoms with Crippen molar-refractivity contribution >= 4 is 11.5 Å². The summed E-state index contributed by atoms with van der Waals surface area (Å²) in [6.45, 7) is 1.63. The van der Waals surface area contributed by atoms with Crippen LogP contribution in [0.25, 0.3) is 0 Å². The van der Waals surface area contributed by atoms with Crippen molar-refractivity contribution in [3.8, 4) is 0 Å². The zero-order chi connectivity index (χ0) is 14.9. The molecule has 0 N–H and O–H groups in total. The van der Waals surface area contributed by atoms with Crippen LogP contribution in [0, 0.1) is 33.0 Å². The van der Waals surface area contributed by atoms with Crippen LogP contribution >= 0.6 is 0 Å². The Morgan fingerprint density at radius 2 is 2.00 bits per heavy atom. The van der Waals surface area contributed by atoms with E-state index < -0.39 is 21.4 Å². The van der Waals surface area contributed by atoms with E-state index in [1.54, 1.807) is 0 Å². The molecule has 0 aliphatic rings. The Morgan fingerprint density at radius 1 is 1.30 bits per heavy atom. The van der Waals surface area contributed by atoms with Gasteiger partial charge in [-0.05, 0) is 23.5 Å². The van der Waals surface area contributed by atoms with Crippen molar-refractivity contribution in [3.63, 3.8) is 0 Å². The third-order valence-corrected chi connectivity index (χ3v) is 2.64. The molecule has 0 saturated carbocycles. The molecule has 9 heteroatoms. The highest BCUT2D eigenvalue weighted by atomic mass is 19.1. The van der Waals surface area contributed by atoms with Crippen LogP contribution in [0.2, 0.25) is 0 Å².